The highest BCUT2D eigenvalue weighted by molar-refractivity contribution is 5.88. The van der Waals surface area contributed by atoms with E-state index in [1.807, 2.05) is 0 Å². The minimum absolute atomic E-state index is 0.321. The summed E-state index contributed by atoms with van der Waals surface area (Å²) in [5, 5.41) is 12.5. The molecule has 1 heterocycles. The molecule has 19 heavy (non-hydrogen) atoms. The summed E-state index contributed by atoms with van der Waals surface area (Å²) in [6.07, 6.45) is 5.60. The Kier molecular flexibility index (Phi) is 4.40. The molecule has 0 saturated heterocycles. The van der Waals surface area contributed by atoms with Crippen LogP contribution in [-0.4, -0.2) is 22.1 Å². The van der Waals surface area contributed by atoms with E-state index in [-0.39, 0.29) is 0 Å². The average molecular weight is 262 g/mol. The lowest BCUT2D eigenvalue weighted by Gasteiger charge is -2.32. The predicted octanol–water partition coefficient (Wildman–Crippen LogP) is 3.33. The molecule has 0 amide bonds. The van der Waals surface area contributed by atoms with Gasteiger partial charge >= 0.3 is 5.97 Å². The number of aryl methyl sites for hydroxylation is 1. The molecule has 1 unspecified atom stereocenters. The van der Waals surface area contributed by atoms with Gasteiger partial charge in [0.25, 0.3) is 0 Å². The fourth-order valence-corrected chi connectivity index (χ4v) is 2.46. The first-order valence-electron chi connectivity index (χ1n) is 7.11. The molecule has 0 bridgehead atoms. The van der Waals surface area contributed by atoms with E-state index in [1.54, 1.807) is 12.1 Å². The molecule has 0 spiro atoms. The minimum atomic E-state index is -0.890. The number of nitrogens with zero attached hydrogens (tertiary/aromatic N) is 1. The number of carbonyl (C=O) groups is 1. The molecule has 104 valence electrons. The van der Waals surface area contributed by atoms with E-state index in [0.717, 1.165) is 18.5 Å². The SMILES string of the molecule is CCCc1cc(C(=O)O)cc(NC(C)C2CCC2)n1. The van der Waals surface area contributed by atoms with Gasteiger partial charge in [0.15, 0.2) is 0 Å². The van der Waals surface area contributed by atoms with E-state index in [0.29, 0.717) is 23.3 Å². The second-order valence-corrected chi connectivity index (χ2v) is 5.41. The molecule has 1 atom stereocenters. The number of aromatic carboxylic acids is 1. The Bertz CT molecular complexity index is 455. The van der Waals surface area contributed by atoms with Gasteiger partial charge in [-0.3, -0.25) is 0 Å². The zero-order valence-corrected chi connectivity index (χ0v) is 11.6. The lowest BCUT2D eigenvalue weighted by Crippen LogP contribution is -2.31. The maximum atomic E-state index is 11.1. The second-order valence-electron chi connectivity index (χ2n) is 5.41. The highest BCUT2D eigenvalue weighted by Crippen LogP contribution is 2.30. The number of nitrogens with one attached hydrogen (secondary N) is 1. The normalized spacial score (nSPS) is 16.7. The molecular weight excluding hydrogens is 240 g/mol. The van der Waals surface area contributed by atoms with Crippen LogP contribution in [0.4, 0.5) is 5.82 Å². The van der Waals surface area contributed by atoms with Crippen molar-refractivity contribution in [3.05, 3.63) is 23.4 Å². The summed E-state index contributed by atoms with van der Waals surface area (Å²) in [6, 6.07) is 3.67. The lowest BCUT2D eigenvalue weighted by atomic mass is 9.80. The standard InChI is InChI=1S/C15H22N2O2/c1-3-5-13-8-12(15(18)19)9-14(17-13)16-10(2)11-6-4-7-11/h8-11H,3-7H2,1-2H3,(H,16,17)(H,18,19). The highest BCUT2D eigenvalue weighted by Gasteiger charge is 2.24. The van der Waals surface area contributed by atoms with Crippen LogP contribution >= 0.6 is 0 Å². The molecule has 1 fully saturated rings. The molecule has 0 aromatic carbocycles. The van der Waals surface area contributed by atoms with E-state index in [2.05, 4.69) is 24.1 Å². The third-order valence-electron chi connectivity index (χ3n) is 3.86. The van der Waals surface area contributed by atoms with E-state index in [9.17, 15) is 4.79 Å². The number of anilines is 1. The van der Waals surface area contributed by atoms with Crippen LogP contribution in [0.25, 0.3) is 0 Å². The Hall–Kier alpha value is -1.58. The number of pyridine rings is 1. The van der Waals surface area contributed by atoms with E-state index >= 15 is 0 Å². The molecule has 0 radical (unpaired) electrons. The Morgan fingerprint density at radius 3 is 2.79 bits per heavy atom. The summed E-state index contributed by atoms with van der Waals surface area (Å²) in [5.74, 6) is 0.506. The predicted molar refractivity (Wildman–Crippen MR) is 75.6 cm³/mol. The van der Waals surface area contributed by atoms with Gasteiger partial charge in [-0.25, -0.2) is 9.78 Å². The Balaban J connectivity index is 2.15. The van der Waals surface area contributed by atoms with Crippen molar-refractivity contribution in [2.24, 2.45) is 5.92 Å². The summed E-state index contributed by atoms with van der Waals surface area (Å²) in [7, 11) is 0. The quantitative estimate of drug-likeness (QED) is 0.825. The number of carboxylic acid groups (broad SMARTS) is 1. The number of aromatic nitrogens is 1. The lowest BCUT2D eigenvalue weighted by molar-refractivity contribution is 0.0696. The van der Waals surface area contributed by atoms with Crippen molar-refractivity contribution < 1.29 is 9.90 Å². The first kappa shape index (κ1) is 13.8. The zero-order chi connectivity index (χ0) is 13.8. The van der Waals surface area contributed by atoms with Crippen molar-refractivity contribution in [3.63, 3.8) is 0 Å². The largest absolute Gasteiger partial charge is 0.478 e. The van der Waals surface area contributed by atoms with Gasteiger partial charge in [-0.1, -0.05) is 19.8 Å². The molecule has 2 rings (SSSR count). The Morgan fingerprint density at radius 2 is 2.26 bits per heavy atom. The number of hydrogen-bond donors (Lipinski definition) is 2. The van der Waals surface area contributed by atoms with Crippen LogP contribution in [0.1, 0.15) is 55.6 Å². The molecule has 2 N–H and O–H groups in total. The maximum absolute atomic E-state index is 11.1. The van der Waals surface area contributed by atoms with Gasteiger partial charge in [0, 0.05) is 11.7 Å². The topological polar surface area (TPSA) is 62.2 Å². The van der Waals surface area contributed by atoms with Crippen LogP contribution in [-0.2, 0) is 6.42 Å². The van der Waals surface area contributed by atoms with Gasteiger partial charge in [-0.15, -0.1) is 0 Å². The average Bonchev–Trinajstić information content (AvgIpc) is 2.26. The summed E-state index contributed by atoms with van der Waals surface area (Å²) in [6.45, 7) is 4.22. The van der Waals surface area contributed by atoms with Crippen LogP contribution in [0.3, 0.4) is 0 Å². The van der Waals surface area contributed by atoms with Gasteiger partial charge in [-0.05, 0) is 44.2 Å². The van der Waals surface area contributed by atoms with Crippen molar-refractivity contribution in [1.82, 2.24) is 4.98 Å². The number of rotatable bonds is 6. The van der Waals surface area contributed by atoms with Gasteiger partial charge in [0.1, 0.15) is 5.82 Å². The second kappa shape index (κ2) is 6.04. The van der Waals surface area contributed by atoms with Crippen molar-refractivity contribution in [1.29, 1.82) is 0 Å². The third kappa shape index (κ3) is 3.46. The summed E-state index contributed by atoms with van der Waals surface area (Å²) in [4.78, 5) is 15.7. The molecular formula is C15H22N2O2. The minimum Gasteiger partial charge on any atom is -0.478 e. The zero-order valence-electron chi connectivity index (χ0n) is 11.6. The van der Waals surface area contributed by atoms with Gasteiger partial charge < -0.3 is 10.4 Å². The molecule has 1 saturated carbocycles. The molecule has 0 aliphatic heterocycles. The first-order chi connectivity index (χ1) is 9.10. The van der Waals surface area contributed by atoms with Crippen LogP contribution in [0.5, 0.6) is 0 Å². The van der Waals surface area contributed by atoms with Crippen molar-refractivity contribution in [2.45, 2.75) is 52.0 Å². The summed E-state index contributed by atoms with van der Waals surface area (Å²) in [5.41, 5.74) is 1.17. The van der Waals surface area contributed by atoms with Crippen molar-refractivity contribution in [3.8, 4) is 0 Å². The Labute approximate surface area is 114 Å². The van der Waals surface area contributed by atoms with Crippen molar-refractivity contribution >= 4 is 11.8 Å². The maximum Gasteiger partial charge on any atom is 0.335 e. The molecule has 1 aromatic rings. The molecule has 4 heteroatoms. The van der Waals surface area contributed by atoms with Gasteiger partial charge in [0.05, 0.1) is 5.56 Å². The fourth-order valence-electron chi connectivity index (χ4n) is 2.46. The Morgan fingerprint density at radius 1 is 1.53 bits per heavy atom. The summed E-state index contributed by atoms with van der Waals surface area (Å²) >= 11 is 0. The fraction of sp³-hybridized carbons (Fsp3) is 0.600. The number of hydrogen-bond acceptors (Lipinski definition) is 3. The monoisotopic (exact) mass is 262 g/mol. The number of carboxylic acids is 1. The first-order valence-corrected chi connectivity index (χ1v) is 7.11. The van der Waals surface area contributed by atoms with Crippen LogP contribution in [0.15, 0.2) is 12.1 Å². The molecule has 1 aromatic heterocycles. The smallest absolute Gasteiger partial charge is 0.335 e. The van der Waals surface area contributed by atoms with Gasteiger partial charge in [-0.2, -0.15) is 0 Å². The molecule has 1 aliphatic rings. The third-order valence-corrected chi connectivity index (χ3v) is 3.86. The summed E-state index contributed by atoms with van der Waals surface area (Å²) < 4.78 is 0. The van der Waals surface area contributed by atoms with Crippen LogP contribution in [0, 0.1) is 5.92 Å². The molecule has 4 nitrogen and oxygen atoms in total. The van der Waals surface area contributed by atoms with Crippen LogP contribution < -0.4 is 5.32 Å². The van der Waals surface area contributed by atoms with E-state index < -0.39 is 5.97 Å². The van der Waals surface area contributed by atoms with Crippen molar-refractivity contribution in [2.75, 3.05) is 5.32 Å². The van der Waals surface area contributed by atoms with E-state index in [1.165, 1.54) is 19.3 Å². The van der Waals surface area contributed by atoms with Gasteiger partial charge in [0.2, 0.25) is 0 Å². The molecule has 1 aliphatic carbocycles. The van der Waals surface area contributed by atoms with Crippen LogP contribution in [0.2, 0.25) is 0 Å². The highest BCUT2D eigenvalue weighted by atomic mass is 16.4. The van der Waals surface area contributed by atoms with E-state index in [4.69, 9.17) is 5.11 Å².